The first kappa shape index (κ1) is 20.0. The van der Waals surface area contributed by atoms with E-state index in [1.54, 1.807) is 0 Å². The minimum absolute atomic E-state index is 0.255. The highest BCUT2D eigenvalue weighted by Gasteiger charge is 2.20. The van der Waals surface area contributed by atoms with Crippen LogP contribution in [0, 0.1) is 15.9 Å². The molecule has 0 heterocycles. The van der Waals surface area contributed by atoms with Crippen molar-refractivity contribution in [2.45, 2.75) is 4.90 Å². The fourth-order valence-corrected chi connectivity index (χ4v) is 2.95. The maximum atomic E-state index is 13.6. The molecule has 9 nitrogen and oxygen atoms in total. The molecule has 0 aliphatic heterocycles. The summed E-state index contributed by atoms with van der Waals surface area (Å²) in [6.45, 7) is -0.848. The molecule has 0 unspecified atom stereocenters. The highest BCUT2D eigenvalue weighted by molar-refractivity contribution is 7.90. The quantitative estimate of drug-likeness (QED) is 0.448. The van der Waals surface area contributed by atoms with Gasteiger partial charge in [-0.3, -0.25) is 14.9 Å². The molecule has 0 bridgehead atoms. The SMILES string of the molecule is CS(=O)(=O)c1ccccc1C(=O)OCC(=O)Nc1cc([N+](=O)[O-])ccc1F. The van der Waals surface area contributed by atoms with E-state index in [1.165, 1.54) is 24.3 Å². The maximum absolute atomic E-state index is 13.6. The summed E-state index contributed by atoms with van der Waals surface area (Å²) in [7, 11) is -3.70. The standard InChI is InChI=1S/C16H13FN2O7S/c1-27(24,25)14-5-3-2-4-11(14)16(21)26-9-15(20)18-13-8-10(19(22)23)6-7-12(13)17/h2-8H,9H2,1H3,(H,18,20). The lowest BCUT2D eigenvalue weighted by Crippen LogP contribution is -2.22. The molecule has 27 heavy (non-hydrogen) atoms. The van der Waals surface area contributed by atoms with Gasteiger partial charge in [0.1, 0.15) is 5.82 Å². The number of ether oxygens (including phenoxy) is 1. The van der Waals surface area contributed by atoms with Crippen LogP contribution in [0.1, 0.15) is 10.4 Å². The van der Waals surface area contributed by atoms with Crippen LogP contribution in [0.4, 0.5) is 15.8 Å². The molecule has 0 aliphatic rings. The number of esters is 1. The van der Waals surface area contributed by atoms with Crippen LogP contribution in [0.15, 0.2) is 47.4 Å². The number of anilines is 1. The largest absolute Gasteiger partial charge is 0.452 e. The Morgan fingerprint density at radius 3 is 2.52 bits per heavy atom. The number of hydrogen-bond acceptors (Lipinski definition) is 7. The summed E-state index contributed by atoms with van der Waals surface area (Å²) >= 11 is 0. The Hall–Kier alpha value is -3.34. The fraction of sp³-hybridized carbons (Fsp3) is 0.125. The third-order valence-electron chi connectivity index (χ3n) is 3.28. The van der Waals surface area contributed by atoms with Gasteiger partial charge in [0.2, 0.25) is 0 Å². The number of amides is 1. The van der Waals surface area contributed by atoms with Crippen LogP contribution in [0.2, 0.25) is 0 Å². The number of carbonyl (C=O) groups is 2. The molecule has 0 atom stereocenters. The number of non-ortho nitro benzene ring substituents is 1. The van der Waals surface area contributed by atoms with Gasteiger partial charge in [-0.1, -0.05) is 12.1 Å². The molecule has 142 valence electrons. The van der Waals surface area contributed by atoms with Crippen molar-refractivity contribution in [1.29, 1.82) is 0 Å². The van der Waals surface area contributed by atoms with Gasteiger partial charge in [-0.15, -0.1) is 0 Å². The number of sulfone groups is 1. The van der Waals surface area contributed by atoms with Crippen LogP contribution in [0.5, 0.6) is 0 Å². The topological polar surface area (TPSA) is 133 Å². The molecule has 2 aromatic rings. The molecule has 0 saturated carbocycles. The van der Waals surface area contributed by atoms with Crippen molar-refractivity contribution >= 4 is 33.1 Å². The van der Waals surface area contributed by atoms with Crippen molar-refractivity contribution in [2.75, 3.05) is 18.2 Å². The summed E-state index contributed by atoms with van der Waals surface area (Å²) in [6, 6.07) is 7.82. The number of nitrogens with zero attached hydrogens (tertiary/aromatic N) is 1. The Labute approximate surface area is 152 Å². The zero-order valence-electron chi connectivity index (χ0n) is 13.8. The molecule has 0 aliphatic carbocycles. The maximum Gasteiger partial charge on any atom is 0.339 e. The molecule has 11 heteroatoms. The van der Waals surface area contributed by atoms with Crippen LogP contribution < -0.4 is 5.32 Å². The van der Waals surface area contributed by atoms with Crippen LogP contribution >= 0.6 is 0 Å². The lowest BCUT2D eigenvalue weighted by molar-refractivity contribution is -0.384. The Kier molecular flexibility index (Phi) is 5.85. The number of hydrogen-bond donors (Lipinski definition) is 1. The predicted octanol–water partition coefficient (Wildman–Crippen LogP) is 1.93. The van der Waals surface area contributed by atoms with Crippen LogP contribution in [-0.4, -0.2) is 38.1 Å². The van der Waals surface area contributed by atoms with E-state index in [0.717, 1.165) is 24.5 Å². The van der Waals surface area contributed by atoms with Gasteiger partial charge in [0.05, 0.1) is 21.1 Å². The summed E-state index contributed by atoms with van der Waals surface area (Å²) in [5, 5.41) is 12.7. The third kappa shape index (κ3) is 5.07. The molecular weight excluding hydrogens is 383 g/mol. The molecule has 0 radical (unpaired) electrons. The fourth-order valence-electron chi connectivity index (χ4n) is 2.08. The summed E-state index contributed by atoms with van der Waals surface area (Å²) in [4.78, 5) is 33.5. The molecule has 2 aromatic carbocycles. The van der Waals surface area contributed by atoms with Gasteiger partial charge in [0, 0.05) is 18.4 Å². The van der Waals surface area contributed by atoms with Crippen molar-refractivity contribution in [1.82, 2.24) is 0 Å². The first-order valence-electron chi connectivity index (χ1n) is 7.29. The van der Waals surface area contributed by atoms with Gasteiger partial charge in [-0.25, -0.2) is 17.6 Å². The minimum atomic E-state index is -3.70. The van der Waals surface area contributed by atoms with Gasteiger partial charge >= 0.3 is 5.97 Å². The summed E-state index contributed by atoms with van der Waals surface area (Å²) < 4.78 is 41.7. The normalized spacial score (nSPS) is 10.9. The number of nitrogens with one attached hydrogen (secondary N) is 1. The van der Waals surface area contributed by atoms with Crippen LogP contribution in [0.25, 0.3) is 0 Å². The molecule has 1 N–H and O–H groups in total. The molecular formula is C16H13FN2O7S. The van der Waals surface area contributed by atoms with Gasteiger partial charge in [-0.05, 0) is 18.2 Å². The zero-order valence-corrected chi connectivity index (χ0v) is 14.7. The van der Waals surface area contributed by atoms with Gasteiger partial charge in [0.25, 0.3) is 11.6 Å². The summed E-state index contributed by atoms with van der Waals surface area (Å²) in [5.41, 5.74) is -1.15. The van der Waals surface area contributed by atoms with Gasteiger partial charge in [-0.2, -0.15) is 0 Å². The highest BCUT2D eigenvalue weighted by atomic mass is 32.2. The number of rotatable bonds is 6. The van der Waals surface area contributed by atoms with Crippen LogP contribution in [-0.2, 0) is 19.4 Å². The minimum Gasteiger partial charge on any atom is -0.452 e. The first-order chi connectivity index (χ1) is 12.6. The Bertz CT molecular complexity index is 1020. The smallest absolute Gasteiger partial charge is 0.339 e. The average Bonchev–Trinajstić information content (AvgIpc) is 2.60. The molecule has 2 rings (SSSR count). The van der Waals surface area contributed by atoms with Crippen molar-refractivity contribution in [3.63, 3.8) is 0 Å². The van der Waals surface area contributed by atoms with Crippen LogP contribution in [0.3, 0.4) is 0 Å². The van der Waals surface area contributed by atoms with E-state index >= 15 is 0 Å². The molecule has 0 fully saturated rings. The first-order valence-corrected chi connectivity index (χ1v) is 9.18. The lowest BCUT2D eigenvalue weighted by Gasteiger charge is -2.09. The number of carbonyl (C=O) groups excluding carboxylic acids is 2. The van der Waals surface area contributed by atoms with Crippen molar-refractivity contribution in [3.05, 3.63) is 64.0 Å². The van der Waals surface area contributed by atoms with Crippen molar-refractivity contribution < 1.29 is 32.1 Å². The number of halogens is 1. The number of nitro groups is 1. The lowest BCUT2D eigenvalue weighted by atomic mass is 10.2. The second kappa shape index (κ2) is 7.91. The van der Waals surface area contributed by atoms with Gasteiger partial charge < -0.3 is 10.1 Å². The number of benzene rings is 2. The molecule has 0 saturated heterocycles. The van der Waals surface area contributed by atoms with E-state index in [0.29, 0.717) is 0 Å². The summed E-state index contributed by atoms with van der Waals surface area (Å²) in [5.74, 6) is -2.94. The second-order valence-corrected chi connectivity index (χ2v) is 7.30. The van der Waals surface area contributed by atoms with E-state index in [9.17, 15) is 32.5 Å². The number of nitro benzene ring substituents is 1. The zero-order chi connectivity index (χ0) is 20.2. The third-order valence-corrected chi connectivity index (χ3v) is 4.43. The van der Waals surface area contributed by atoms with Crippen molar-refractivity contribution in [2.24, 2.45) is 0 Å². The Morgan fingerprint density at radius 2 is 1.89 bits per heavy atom. The Balaban J connectivity index is 2.08. The predicted molar refractivity (Wildman–Crippen MR) is 91.5 cm³/mol. The highest BCUT2D eigenvalue weighted by Crippen LogP contribution is 2.21. The van der Waals surface area contributed by atoms with E-state index in [1.807, 2.05) is 5.32 Å². The average molecular weight is 396 g/mol. The van der Waals surface area contributed by atoms with E-state index in [4.69, 9.17) is 4.74 Å². The van der Waals surface area contributed by atoms with E-state index in [2.05, 4.69) is 0 Å². The molecule has 1 amide bonds. The molecule has 0 aromatic heterocycles. The van der Waals surface area contributed by atoms with Gasteiger partial charge in [0.15, 0.2) is 16.4 Å². The van der Waals surface area contributed by atoms with E-state index in [-0.39, 0.29) is 10.5 Å². The second-order valence-electron chi connectivity index (χ2n) is 5.31. The molecule has 0 spiro atoms. The monoisotopic (exact) mass is 396 g/mol. The summed E-state index contributed by atoms with van der Waals surface area (Å²) in [6.07, 6.45) is 0.914. The van der Waals surface area contributed by atoms with Crippen molar-refractivity contribution in [3.8, 4) is 0 Å². The van der Waals surface area contributed by atoms with E-state index < -0.39 is 50.4 Å². The Morgan fingerprint density at radius 1 is 1.22 bits per heavy atom.